The van der Waals surface area contributed by atoms with Crippen molar-refractivity contribution in [3.63, 3.8) is 0 Å². The van der Waals surface area contributed by atoms with Crippen molar-refractivity contribution in [2.75, 3.05) is 37.0 Å². The van der Waals surface area contributed by atoms with Crippen LogP contribution in [0.1, 0.15) is 37.0 Å². The van der Waals surface area contributed by atoms with Crippen LogP contribution in [0.25, 0.3) is 0 Å². The Morgan fingerprint density at radius 3 is 2.62 bits per heavy atom. The standard InChI is InChI=1S/C24H30FN3O/c1-24(2)15-17-16-27(23(29)20-10-5-6-11-22(20)26(3)4)13-12-21(17)28(24)19-9-7-8-18(25)14-19/h5-11,14,17,21H,12-13,15-16H2,1-4H3/t17-,21+/m1/s1. The minimum Gasteiger partial charge on any atom is -0.377 e. The number of fused-ring (bicyclic) bond motifs is 1. The number of para-hydroxylation sites is 1. The number of rotatable bonds is 3. The van der Waals surface area contributed by atoms with Gasteiger partial charge >= 0.3 is 0 Å². The first-order valence-corrected chi connectivity index (χ1v) is 10.4. The Kier molecular flexibility index (Phi) is 5.01. The van der Waals surface area contributed by atoms with Gasteiger partial charge in [0.15, 0.2) is 0 Å². The van der Waals surface area contributed by atoms with Gasteiger partial charge in [0.25, 0.3) is 5.91 Å². The van der Waals surface area contributed by atoms with E-state index in [-0.39, 0.29) is 17.3 Å². The molecule has 29 heavy (non-hydrogen) atoms. The Morgan fingerprint density at radius 1 is 1.14 bits per heavy atom. The summed E-state index contributed by atoms with van der Waals surface area (Å²) in [6.07, 6.45) is 1.90. The van der Waals surface area contributed by atoms with Crippen molar-refractivity contribution < 1.29 is 9.18 Å². The SMILES string of the molecule is CN(C)c1ccccc1C(=O)N1CC[C@H]2[C@@H](C1)CC(C)(C)N2c1cccc(F)c1. The normalized spacial score (nSPS) is 23.1. The van der Waals surface area contributed by atoms with E-state index in [2.05, 4.69) is 18.7 Å². The molecule has 0 bridgehead atoms. The fourth-order valence-electron chi connectivity index (χ4n) is 5.32. The average Bonchev–Trinajstić information content (AvgIpc) is 2.96. The van der Waals surface area contributed by atoms with Crippen LogP contribution >= 0.6 is 0 Å². The quantitative estimate of drug-likeness (QED) is 0.770. The highest BCUT2D eigenvalue weighted by molar-refractivity contribution is 5.99. The lowest BCUT2D eigenvalue weighted by atomic mass is 9.89. The molecule has 2 aromatic carbocycles. The summed E-state index contributed by atoms with van der Waals surface area (Å²) in [5, 5.41) is 0. The van der Waals surface area contributed by atoms with E-state index in [0.717, 1.165) is 42.9 Å². The molecule has 154 valence electrons. The molecule has 5 heteroatoms. The van der Waals surface area contributed by atoms with Crippen molar-refractivity contribution in [3.05, 3.63) is 59.9 Å². The molecule has 0 spiro atoms. The lowest BCUT2D eigenvalue weighted by molar-refractivity contribution is 0.0668. The molecule has 0 radical (unpaired) electrons. The van der Waals surface area contributed by atoms with Crippen LogP contribution in [0.2, 0.25) is 0 Å². The zero-order valence-corrected chi connectivity index (χ0v) is 17.7. The molecule has 1 amide bonds. The van der Waals surface area contributed by atoms with E-state index in [1.807, 2.05) is 54.2 Å². The summed E-state index contributed by atoms with van der Waals surface area (Å²) in [6, 6.07) is 15.0. The third-order valence-electron chi connectivity index (χ3n) is 6.43. The van der Waals surface area contributed by atoms with Crippen molar-refractivity contribution >= 4 is 17.3 Å². The number of piperidine rings is 1. The second-order valence-corrected chi connectivity index (χ2v) is 9.15. The van der Waals surface area contributed by atoms with Crippen LogP contribution in [0.15, 0.2) is 48.5 Å². The fraction of sp³-hybridized carbons (Fsp3) is 0.458. The number of hydrogen-bond donors (Lipinski definition) is 0. The molecule has 2 heterocycles. The van der Waals surface area contributed by atoms with E-state index in [9.17, 15) is 9.18 Å². The van der Waals surface area contributed by atoms with Gasteiger partial charge in [-0.05, 0) is 62.9 Å². The lowest BCUT2D eigenvalue weighted by Gasteiger charge is -2.42. The number of nitrogens with zero attached hydrogens (tertiary/aromatic N) is 3. The number of hydrogen-bond acceptors (Lipinski definition) is 3. The molecule has 0 aliphatic carbocycles. The Balaban J connectivity index is 1.57. The number of likely N-dealkylation sites (tertiary alicyclic amines) is 1. The van der Waals surface area contributed by atoms with Gasteiger partial charge in [-0.15, -0.1) is 0 Å². The molecule has 0 N–H and O–H groups in total. The average molecular weight is 396 g/mol. The van der Waals surface area contributed by atoms with Crippen LogP contribution in [0.4, 0.5) is 15.8 Å². The molecule has 2 atom stereocenters. The molecule has 0 unspecified atom stereocenters. The van der Waals surface area contributed by atoms with Gasteiger partial charge in [0, 0.05) is 50.1 Å². The molecule has 2 aliphatic rings. The summed E-state index contributed by atoms with van der Waals surface area (Å²) >= 11 is 0. The first-order chi connectivity index (χ1) is 13.8. The van der Waals surface area contributed by atoms with Crippen molar-refractivity contribution in [1.82, 2.24) is 4.90 Å². The van der Waals surface area contributed by atoms with E-state index in [0.29, 0.717) is 12.0 Å². The molecular weight excluding hydrogens is 365 g/mol. The molecule has 2 saturated heterocycles. The summed E-state index contributed by atoms with van der Waals surface area (Å²) < 4.78 is 13.9. The Morgan fingerprint density at radius 2 is 1.90 bits per heavy atom. The summed E-state index contributed by atoms with van der Waals surface area (Å²) in [7, 11) is 3.93. The molecule has 0 aromatic heterocycles. The maximum Gasteiger partial charge on any atom is 0.255 e. The topological polar surface area (TPSA) is 26.8 Å². The molecule has 2 aliphatic heterocycles. The predicted molar refractivity (Wildman–Crippen MR) is 116 cm³/mol. The highest BCUT2D eigenvalue weighted by Gasteiger charge is 2.48. The third kappa shape index (κ3) is 3.59. The minimum absolute atomic E-state index is 0.0657. The van der Waals surface area contributed by atoms with Crippen LogP contribution in [-0.4, -0.2) is 49.6 Å². The fourth-order valence-corrected chi connectivity index (χ4v) is 5.32. The molecule has 2 aromatic rings. The van der Waals surface area contributed by atoms with Crippen LogP contribution in [0.3, 0.4) is 0 Å². The lowest BCUT2D eigenvalue weighted by Crippen LogP contribution is -2.50. The monoisotopic (exact) mass is 395 g/mol. The number of benzene rings is 2. The smallest absolute Gasteiger partial charge is 0.255 e. The second kappa shape index (κ2) is 7.36. The number of halogens is 1. The predicted octanol–water partition coefficient (Wildman–Crippen LogP) is 4.41. The maximum absolute atomic E-state index is 13.9. The zero-order chi connectivity index (χ0) is 20.8. The van der Waals surface area contributed by atoms with Gasteiger partial charge in [-0.2, -0.15) is 0 Å². The number of carbonyl (C=O) groups is 1. The first-order valence-electron chi connectivity index (χ1n) is 10.4. The van der Waals surface area contributed by atoms with E-state index in [4.69, 9.17) is 0 Å². The summed E-state index contributed by atoms with van der Waals surface area (Å²) in [4.78, 5) is 19.7. The van der Waals surface area contributed by atoms with E-state index >= 15 is 0 Å². The largest absolute Gasteiger partial charge is 0.377 e. The number of carbonyl (C=O) groups excluding carboxylic acids is 1. The highest BCUT2D eigenvalue weighted by Crippen LogP contribution is 2.45. The van der Waals surface area contributed by atoms with Gasteiger partial charge in [0.1, 0.15) is 5.82 Å². The Hall–Kier alpha value is -2.56. The van der Waals surface area contributed by atoms with E-state index < -0.39 is 0 Å². The van der Waals surface area contributed by atoms with Crippen LogP contribution in [0, 0.1) is 11.7 Å². The molecule has 2 fully saturated rings. The van der Waals surface area contributed by atoms with Crippen LogP contribution in [0.5, 0.6) is 0 Å². The minimum atomic E-state index is -0.199. The van der Waals surface area contributed by atoms with Gasteiger partial charge < -0.3 is 14.7 Å². The molecular formula is C24H30FN3O. The van der Waals surface area contributed by atoms with Gasteiger partial charge in [-0.1, -0.05) is 18.2 Å². The van der Waals surface area contributed by atoms with Crippen molar-refractivity contribution in [2.24, 2.45) is 5.92 Å². The molecule has 4 nitrogen and oxygen atoms in total. The third-order valence-corrected chi connectivity index (χ3v) is 6.43. The number of amides is 1. The van der Waals surface area contributed by atoms with E-state index in [1.54, 1.807) is 12.1 Å². The van der Waals surface area contributed by atoms with Crippen LogP contribution < -0.4 is 9.80 Å². The van der Waals surface area contributed by atoms with E-state index in [1.165, 1.54) is 6.07 Å². The zero-order valence-electron chi connectivity index (χ0n) is 17.7. The van der Waals surface area contributed by atoms with Crippen LogP contribution in [-0.2, 0) is 0 Å². The molecule has 0 saturated carbocycles. The second-order valence-electron chi connectivity index (χ2n) is 9.15. The van der Waals surface area contributed by atoms with Gasteiger partial charge in [-0.25, -0.2) is 4.39 Å². The molecule has 4 rings (SSSR count). The first kappa shape index (κ1) is 19.7. The van der Waals surface area contributed by atoms with Gasteiger partial charge in [-0.3, -0.25) is 4.79 Å². The summed E-state index contributed by atoms with van der Waals surface area (Å²) in [5.41, 5.74) is 2.59. The summed E-state index contributed by atoms with van der Waals surface area (Å²) in [6.45, 7) is 5.93. The van der Waals surface area contributed by atoms with Crippen molar-refractivity contribution in [2.45, 2.75) is 38.3 Å². The van der Waals surface area contributed by atoms with Gasteiger partial charge in [0.05, 0.1) is 5.56 Å². The maximum atomic E-state index is 13.9. The number of anilines is 2. The van der Waals surface area contributed by atoms with Crippen molar-refractivity contribution in [1.29, 1.82) is 0 Å². The summed E-state index contributed by atoms with van der Waals surface area (Å²) in [5.74, 6) is 0.293. The van der Waals surface area contributed by atoms with Crippen molar-refractivity contribution in [3.8, 4) is 0 Å². The highest BCUT2D eigenvalue weighted by atomic mass is 19.1. The Bertz CT molecular complexity index is 911. The van der Waals surface area contributed by atoms with Gasteiger partial charge in [0.2, 0.25) is 0 Å². The Labute approximate surface area is 172 Å².